The van der Waals surface area contributed by atoms with E-state index in [1.165, 1.54) is 0 Å². The first-order chi connectivity index (χ1) is 35.3. The number of halogens is 30. The summed E-state index contributed by atoms with van der Waals surface area (Å²) < 4.78 is 423. The predicted molar refractivity (Wildman–Crippen MR) is 195 cm³/mol. The Bertz CT molecular complexity index is 3240. The molecule has 0 saturated heterocycles. The third kappa shape index (κ3) is 8.69. The molecule has 0 N–H and O–H groups in total. The standard InChI is InChI=1S/2C23H2F15.Co/c2*24-9-6(10(25)16(31)21(36)15(9)30)3-1-2-4(7-11(26)17(32)22(37)18(33)12(7)27)5(3)8-13(28)19(34)23(38)20(35)14(8)29;/h2*1-2H;/q2*-1;. The minimum atomic E-state index is -2.83. The van der Waals surface area contributed by atoms with Crippen LogP contribution in [0.25, 0.3) is 66.8 Å². The summed E-state index contributed by atoms with van der Waals surface area (Å²) in [6.07, 6.45) is 0. The van der Waals surface area contributed by atoms with Gasteiger partial charge in [0.25, 0.3) is 0 Å². The van der Waals surface area contributed by atoms with Crippen LogP contribution in [0.2, 0.25) is 0 Å². The monoisotopic (exact) mass is 1180 g/mol. The Labute approximate surface area is 413 Å². The molecule has 0 atom stereocenters. The van der Waals surface area contributed by atoms with Crippen molar-refractivity contribution >= 4 is 0 Å². The molecule has 0 heterocycles. The molecule has 8 aromatic rings. The first-order valence-corrected chi connectivity index (χ1v) is 19.0. The molecule has 0 saturated carbocycles. The van der Waals surface area contributed by atoms with E-state index in [-0.39, 0.29) is 41.0 Å². The Morgan fingerprint density at radius 1 is 0.156 bits per heavy atom. The summed E-state index contributed by atoms with van der Waals surface area (Å²) in [7, 11) is 0. The minimum absolute atomic E-state index is 0. The van der Waals surface area contributed by atoms with E-state index in [9.17, 15) is 132 Å². The average molecular weight is 1190 g/mol. The van der Waals surface area contributed by atoms with Gasteiger partial charge >= 0.3 is 0 Å². The van der Waals surface area contributed by atoms with Gasteiger partial charge in [0.2, 0.25) is 0 Å². The van der Waals surface area contributed by atoms with Crippen LogP contribution in [-0.4, -0.2) is 0 Å². The van der Waals surface area contributed by atoms with Gasteiger partial charge in [0.05, 0.1) is 0 Å². The molecule has 409 valence electrons. The van der Waals surface area contributed by atoms with Crippen LogP contribution in [0.4, 0.5) is 132 Å². The molecule has 1 radical (unpaired) electrons. The molecule has 0 unspecified atom stereocenters. The van der Waals surface area contributed by atoms with Crippen LogP contribution in [-0.2, 0) is 16.8 Å². The molecule has 0 aliphatic carbocycles. The zero-order chi connectivity index (χ0) is 57.1. The van der Waals surface area contributed by atoms with Crippen molar-refractivity contribution < 1.29 is 148 Å². The van der Waals surface area contributed by atoms with Gasteiger partial charge in [-0.2, -0.15) is 0 Å². The third-order valence-corrected chi connectivity index (χ3v) is 10.7. The van der Waals surface area contributed by atoms with Gasteiger partial charge < -0.3 is 0 Å². The molecule has 0 aliphatic rings. The molecule has 31 heteroatoms. The maximum absolute atomic E-state index is 14.7. The molecule has 0 nitrogen and oxygen atoms in total. The maximum atomic E-state index is 14.7. The Kier molecular flexibility index (Phi) is 15.8. The van der Waals surface area contributed by atoms with Crippen LogP contribution in [0.15, 0.2) is 24.3 Å². The van der Waals surface area contributed by atoms with Gasteiger partial charge in [-0.3, -0.25) is 0 Å². The van der Waals surface area contributed by atoms with Gasteiger partial charge in [-0.1, -0.05) is 33.4 Å². The second-order valence-electron chi connectivity index (χ2n) is 14.7. The fraction of sp³-hybridized carbons (Fsp3) is 0. The number of benzene rings is 6. The largest absolute Gasteiger partial charge is 0.236 e. The second-order valence-corrected chi connectivity index (χ2v) is 14.7. The van der Waals surface area contributed by atoms with Crippen molar-refractivity contribution in [2.24, 2.45) is 0 Å². The van der Waals surface area contributed by atoms with Crippen molar-refractivity contribution in [1.82, 2.24) is 0 Å². The fourth-order valence-electron chi connectivity index (χ4n) is 7.34. The summed E-state index contributed by atoms with van der Waals surface area (Å²) in [5.41, 5.74) is -23.1. The van der Waals surface area contributed by atoms with E-state index in [0.717, 1.165) is 0 Å². The SMILES string of the molecule is Fc1c(F)c(F)c(-c2ccc(-c3c(F)c(F)c(F)c(F)c3F)[c-]2-c2c(F)c(F)c(F)c(F)c2F)c(F)c1F.Fc1c(F)c(F)c(-c2ccc(-c3c(F)c(F)c(F)c(F)c3F)[c-]2-c2c(F)c(F)c(F)c(F)c2F)c(F)c1F.[Co]. The van der Waals surface area contributed by atoms with Crippen LogP contribution in [0.1, 0.15) is 0 Å². The summed E-state index contributed by atoms with van der Waals surface area (Å²) in [6.45, 7) is 0. The third-order valence-electron chi connectivity index (χ3n) is 10.7. The summed E-state index contributed by atoms with van der Waals surface area (Å²) in [5, 5.41) is 0. The van der Waals surface area contributed by atoms with Gasteiger partial charge in [0.1, 0.15) is 69.8 Å². The first kappa shape index (κ1) is 58.7. The summed E-state index contributed by atoms with van der Waals surface area (Å²) in [4.78, 5) is 0. The van der Waals surface area contributed by atoms with Gasteiger partial charge in [-0.15, -0.1) is 24.3 Å². The zero-order valence-electron chi connectivity index (χ0n) is 35.0. The number of rotatable bonds is 6. The van der Waals surface area contributed by atoms with Gasteiger partial charge in [0.15, 0.2) is 105 Å². The fourth-order valence-corrected chi connectivity index (χ4v) is 7.34. The van der Waals surface area contributed by atoms with E-state index in [1.807, 2.05) is 0 Å². The minimum Gasteiger partial charge on any atom is -0.236 e. The average Bonchev–Trinajstić information content (AvgIpc) is 4.04. The van der Waals surface area contributed by atoms with Crippen molar-refractivity contribution in [2.75, 3.05) is 0 Å². The van der Waals surface area contributed by atoms with Crippen molar-refractivity contribution in [3.05, 3.63) is 199 Å². The smallest absolute Gasteiger partial charge is 0.199 e. The molecule has 8 aromatic carbocycles. The summed E-state index contributed by atoms with van der Waals surface area (Å²) >= 11 is 0. The Balaban J connectivity index is 0.000000246. The second kappa shape index (κ2) is 20.8. The van der Waals surface area contributed by atoms with Crippen molar-refractivity contribution in [2.45, 2.75) is 0 Å². The zero-order valence-corrected chi connectivity index (χ0v) is 36.0. The quantitative estimate of drug-likeness (QED) is 0.0674. The first-order valence-electron chi connectivity index (χ1n) is 19.0. The van der Waals surface area contributed by atoms with E-state index in [4.69, 9.17) is 0 Å². The topological polar surface area (TPSA) is 0 Å². The molecule has 77 heavy (non-hydrogen) atoms. The molecular weight excluding hydrogens is 1180 g/mol. The van der Waals surface area contributed by atoms with Crippen molar-refractivity contribution in [3.63, 3.8) is 0 Å². The van der Waals surface area contributed by atoms with E-state index in [2.05, 4.69) is 0 Å². The Morgan fingerprint density at radius 3 is 0.390 bits per heavy atom. The Hall–Kier alpha value is -7.57. The molecule has 8 rings (SSSR count). The molecule has 0 spiro atoms. The van der Waals surface area contributed by atoms with Crippen LogP contribution in [0.3, 0.4) is 0 Å². The molecule has 0 fully saturated rings. The Morgan fingerprint density at radius 2 is 0.260 bits per heavy atom. The molecule has 0 aromatic heterocycles. The normalized spacial score (nSPS) is 11.4. The van der Waals surface area contributed by atoms with Crippen molar-refractivity contribution in [3.8, 4) is 66.8 Å². The van der Waals surface area contributed by atoms with E-state index in [1.54, 1.807) is 0 Å². The number of hydrogen-bond acceptors (Lipinski definition) is 0. The van der Waals surface area contributed by atoms with Crippen LogP contribution >= 0.6 is 0 Å². The van der Waals surface area contributed by atoms with Crippen molar-refractivity contribution in [1.29, 1.82) is 0 Å². The van der Waals surface area contributed by atoms with E-state index >= 15 is 0 Å². The molecule has 0 amide bonds. The van der Waals surface area contributed by atoms with Gasteiger partial charge in [0, 0.05) is 39.0 Å². The molecule has 0 aliphatic heterocycles. The number of hydrogen-bond donors (Lipinski definition) is 0. The molecule has 0 bridgehead atoms. The van der Waals surface area contributed by atoms with Crippen LogP contribution in [0, 0.1) is 175 Å². The summed E-state index contributed by atoms with van der Waals surface area (Å²) in [5.74, 6) is -82.1. The van der Waals surface area contributed by atoms with Crippen LogP contribution in [0.5, 0.6) is 0 Å². The van der Waals surface area contributed by atoms with Crippen LogP contribution < -0.4 is 0 Å². The van der Waals surface area contributed by atoms with Gasteiger partial charge in [-0.05, 0) is 11.1 Å². The molecular formula is C46H4CoF30-2. The van der Waals surface area contributed by atoms with E-state index < -0.39 is 241 Å². The van der Waals surface area contributed by atoms with E-state index in [0.29, 0.717) is 0 Å². The predicted octanol–water partition coefficient (Wildman–Crippen LogP) is 17.0. The maximum Gasteiger partial charge on any atom is 0.199 e. The van der Waals surface area contributed by atoms with Gasteiger partial charge in [-0.25, -0.2) is 132 Å². The summed E-state index contributed by atoms with van der Waals surface area (Å²) in [6, 6.07) is 0.552.